The first kappa shape index (κ1) is 15.8. The minimum atomic E-state index is -1.03. The van der Waals surface area contributed by atoms with Gasteiger partial charge in [0, 0.05) is 30.4 Å². The number of rotatable bonds is 4. The maximum absolute atomic E-state index is 11.1. The Hall–Kier alpha value is -1.30. The van der Waals surface area contributed by atoms with Crippen LogP contribution in [0.1, 0.15) is 13.9 Å². The van der Waals surface area contributed by atoms with Gasteiger partial charge in [-0.15, -0.1) is 0 Å². The fourth-order valence-corrected chi connectivity index (χ4v) is 1.97. The Morgan fingerprint density at radius 2 is 2.11 bits per heavy atom. The molecule has 2 rings (SSSR count). The average molecular weight is 270 g/mol. The van der Waals surface area contributed by atoms with E-state index in [4.69, 9.17) is 5.11 Å². The second kappa shape index (κ2) is 6.75. The fraction of sp³-hybridized carbons (Fsp3) is 0.231. The van der Waals surface area contributed by atoms with E-state index in [9.17, 15) is 9.59 Å². The van der Waals surface area contributed by atoms with Gasteiger partial charge in [-0.2, -0.15) is 0 Å². The van der Waals surface area contributed by atoms with E-state index in [0.717, 1.165) is 16.5 Å². The van der Waals surface area contributed by atoms with Crippen LogP contribution in [0, 0.1) is 0 Å². The minimum Gasteiger partial charge on any atom is -1.00 e. The number of nitrogens with one attached hydrogen (secondary N) is 2. The maximum atomic E-state index is 11.1. The van der Waals surface area contributed by atoms with Crippen molar-refractivity contribution in [3.05, 3.63) is 36.0 Å². The van der Waals surface area contributed by atoms with Crippen LogP contribution in [-0.4, -0.2) is 28.0 Å². The smallest absolute Gasteiger partial charge is 1.00 e. The molecule has 0 aliphatic carbocycles. The molecular weight excluding hydrogens is 255 g/mol. The summed E-state index contributed by atoms with van der Waals surface area (Å²) in [5.74, 6) is -1.38. The molecule has 5 nitrogen and oxygen atoms in total. The molecule has 2 aromatic rings. The van der Waals surface area contributed by atoms with Gasteiger partial charge in [0.1, 0.15) is 6.04 Å². The van der Waals surface area contributed by atoms with Gasteiger partial charge in [0.2, 0.25) is 5.91 Å². The van der Waals surface area contributed by atoms with Crippen molar-refractivity contribution in [2.75, 3.05) is 0 Å². The summed E-state index contributed by atoms with van der Waals surface area (Å²) in [6.07, 6.45) is 2.04. The van der Waals surface area contributed by atoms with Crippen molar-refractivity contribution in [1.29, 1.82) is 0 Å². The molecule has 1 amide bonds. The molecule has 0 radical (unpaired) electrons. The second-order valence-electron chi connectivity index (χ2n) is 4.15. The molecule has 96 valence electrons. The Labute approximate surface area is 134 Å². The number of aromatic nitrogens is 1. The van der Waals surface area contributed by atoms with E-state index in [1.807, 2.05) is 24.3 Å². The number of amides is 1. The van der Waals surface area contributed by atoms with Crippen LogP contribution in [0.3, 0.4) is 0 Å². The number of H-pyrrole nitrogens is 1. The summed E-state index contributed by atoms with van der Waals surface area (Å²) in [6.45, 7) is 1.31. The largest absolute Gasteiger partial charge is 1.00 e. The Morgan fingerprint density at radius 1 is 1.42 bits per heavy atom. The Kier molecular flexibility index (Phi) is 5.60. The fourth-order valence-electron chi connectivity index (χ4n) is 1.97. The number of para-hydroxylation sites is 1. The topological polar surface area (TPSA) is 82.2 Å². The first-order chi connectivity index (χ1) is 8.58. The van der Waals surface area contributed by atoms with Gasteiger partial charge >= 0.3 is 35.5 Å². The number of carboxylic acids is 1. The van der Waals surface area contributed by atoms with Gasteiger partial charge in [-0.05, 0) is 11.6 Å². The third kappa shape index (κ3) is 3.83. The van der Waals surface area contributed by atoms with E-state index in [0.29, 0.717) is 0 Å². The third-order valence-electron chi connectivity index (χ3n) is 2.77. The van der Waals surface area contributed by atoms with Gasteiger partial charge in [-0.3, -0.25) is 4.79 Å². The van der Waals surface area contributed by atoms with E-state index in [1.54, 1.807) is 6.20 Å². The molecule has 0 saturated carbocycles. The molecule has 1 aromatic carbocycles. The summed E-state index contributed by atoms with van der Waals surface area (Å²) >= 11 is 0. The van der Waals surface area contributed by atoms with E-state index in [1.165, 1.54) is 6.92 Å². The van der Waals surface area contributed by atoms with Crippen molar-refractivity contribution in [1.82, 2.24) is 10.3 Å². The summed E-state index contributed by atoms with van der Waals surface area (Å²) < 4.78 is 0. The number of carboxylic acid groups (broad SMARTS) is 1. The van der Waals surface area contributed by atoms with Crippen molar-refractivity contribution < 1.29 is 45.7 Å². The van der Waals surface area contributed by atoms with Crippen molar-refractivity contribution >= 4 is 22.8 Å². The Morgan fingerprint density at radius 3 is 2.74 bits per heavy atom. The molecule has 0 bridgehead atoms. The number of benzene rings is 1. The van der Waals surface area contributed by atoms with Crippen LogP contribution in [0.25, 0.3) is 10.9 Å². The third-order valence-corrected chi connectivity index (χ3v) is 2.77. The summed E-state index contributed by atoms with van der Waals surface area (Å²) in [5.41, 5.74) is 1.84. The maximum Gasteiger partial charge on any atom is 1.00 e. The molecule has 1 heterocycles. The number of fused-ring (bicyclic) bond motifs is 1. The monoisotopic (exact) mass is 270 g/mol. The normalized spacial score (nSPS) is 11.6. The summed E-state index contributed by atoms with van der Waals surface area (Å²) in [4.78, 5) is 25.1. The van der Waals surface area contributed by atoms with E-state index >= 15 is 0 Å². The predicted octanol–water partition coefficient (Wildman–Crippen LogP) is -1.58. The van der Waals surface area contributed by atoms with Crippen LogP contribution in [0.15, 0.2) is 30.5 Å². The summed E-state index contributed by atoms with van der Waals surface area (Å²) in [5, 5.41) is 12.5. The molecule has 3 N–H and O–H groups in total. The first-order valence-electron chi connectivity index (χ1n) is 5.63. The quantitative estimate of drug-likeness (QED) is 0.586. The molecule has 0 aliphatic heterocycles. The van der Waals surface area contributed by atoms with Crippen LogP contribution >= 0.6 is 0 Å². The molecule has 1 atom stereocenters. The standard InChI is InChI=1S/C13H14N2O3.Na.H/c1-8(16)15-12(13(17)18)6-9-7-14-11-5-3-2-4-10(9)11;;/h2-5,7,12,14H,6H2,1H3,(H,15,16)(H,17,18);;/q;+1;-1/t12-;;/m0../s1. The molecule has 1 aromatic heterocycles. The summed E-state index contributed by atoms with van der Waals surface area (Å²) in [6, 6.07) is 6.75. The zero-order valence-corrected chi connectivity index (χ0v) is 12.9. The molecule has 0 aliphatic rings. The van der Waals surface area contributed by atoms with Crippen molar-refractivity contribution in [2.45, 2.75) is 19.4 Å². The van der Waals surface area contributed by atoms with Gasteiger partial charge in [0.05, 0.1) is 0 Å². The second-order valence-corrected chi connectivity index (χ2v) is 4.15. The van der Waals surface area contributed by atoms with Crippen LogP contribution in [0.5, 0.6) is 0 Å². The Balaban J connectivity index is 0.00000180. The number of hydrogen-bond acceptors (Lipinski definition) is 2. The molecule has 0 saturated heterocycles. The molecule has 6 heteroatoms. The van der Waals surface area contributed by atoms with Crippen molar-refractivity contribution in [3.63, 3.8) is 0 Å². The zero-order chi connectivity index (χ0) is 13.1. The van der Waals surface area contributed by atoms with Crippen molar-refractivity contribution in [3.8, 4) is 0 Å². The molecule has 19 heavy (non-hydrogen) atoms. The SMILES string of the molecule is CC(=O)N[C@@H](Cc1c[nH]c2ccccc12)C(=O)O.[H-].[Na+]. The molecular formula is C13H15N2NaO3. The summed E-state index contributed by atoms with van der Waals surface area (Å²) in [7, 11) is 0. The van der Waals surface area contributed by atoms with Gasteiger partial charge in [-0.1, -0.05) is 18.2 Å². The number of carbonyl (C=O) groups is 2. The van der Waals surface area contributed by atoms with Gasteiger partial charge in [0.15, 0.2) is 0 Å². The molecule has 0 unspecified atom stereocenters. The van der Waals surface area contributed by atoms with Crippen LogP contribution in [0.2, 0.25) is 0 Å². The number of aliphatic carboxylic acids is 1. The van der Waals surface area contributed by atoms with E-state index in [2.05, 4.69) is 10.3 Å². The van der Waals surface area contributed by atoms with Gasteiger partial charge in [-0.25, -0.2) is 4.79 Å². The van der Waals surface area contributed by atoms with Gasteiger partial charge < -0.3 is 16.8 Å². The zero-order valence-electron chi connectivity index (χ0n) is 11.9. The van der Waals surface area contributed by atoms with Crippen LogP contribution in [0.4, 0.5) is 0 Å². The number of hydrogen-bond donors (Lipinski definition) is 3. The first-order valence-corrected chi connectivity index (χ1v) is 5.63. The van der Waals surface area contributed by atoms with Crippen LogP contribution in [-0.2, 0) is 16.0 Å². The van der Waals surface area contributed by atoms with E-state index in [-0.39, 0.29) is 43.3 Å². The number of carbonyl (C=O) groups excluding carboxylic acids is 1. The van der Waals surface area contributed by atoms with Crippen LogP contribution < -0.4 is 34.9 Å². The Bertz CT molecular complexity index is 600. The molecule has 0 fully saturated rings. The molecule has 0 spiro atoms. The number of aromatic amines is 1. The van der Waals surface area contributed by atoms with Gasteiger partial charge in [0.25, 0.3) is 0 Å². The average Bonchev–Trinajstić information content (AvgIpc) is 2.71. The van der Waals surface area contributed by atoms with E-state index < -0.39 is 12.0 Å². The minimum absolute atomic E-state index is 0. The predicted molar refractivity (Wildman–Crippen MR) is 68.4 cm³/mol. The van der Waals surface area contributed by atoms with Crippen molar-refractivity contribution in [2.24, 2.45) is 0 Å².